The Bertz CT molecular complexity index is 686. The second kappa shape index (κ2) is 6.76. The van der Waals surface area contributed by atoms with Crippen molar-refractivity contribution in [1.82, 2.24) is 9.97 Å². The van der Waals surface area contributed by atoms with Gasteiger partial charge in [0.25, 0.3) is 5.56 Å². The first-order valence-corrected chi connectivity index (χ1v) is 7.79. The van der Waals surface area contributed by atoms with Crippen LogP contribution in [0.1, 0.15) is 19.7 Å². The zero-order valence-electron chi connectivity index (χ0n) is 11.9. The molecule has 0 unspecified atom stereocenters. The summed E-state index contributed by atoms with van der Waals surface area (Å²) in [6.07, 6.45) is 0. The van der Waals surface area contributed by atoms with Gasteiger partial charge in [0.1, 0.15) is 17.2 Å². The number of hydrogen-bond donors (Lipinski definition) is 2. The Balaban J connectivity index is 2.30. The molecule has 0 bridgehead atoms. The van der Waals surface area contributed by atoms with Gasteiger partial charge < -0.3 is 10.1 Å². The van der Waals surface area contributed by atoms with Gasteiger partial charge in [0, 0.05) is 5.56 Å². The Morgan fingerprint density at radius 2 is 2.10 bits per heavy atom. The number of aromatic hydroxyl groups is 1. The molecule has 0 saturated carbocycles. The molecule has 2 rings (SSSR count). The maximum absolute atomic E-state index is 13.7. The number of nitrogens with one attached hydrogen (secondary N) is 1. The Morgan fingerprint density at radius 3 is 2.71 bits per heavy atom. The number of benzene rings is 1. The lowest BCUT2D eigenvalue weighted by atomic mass is 10.1. The van der Waals surface area contributed by atoms with Crippen LogP contribution in [0.15, 0.2) is 29.1 Å². The molecular formula is C15H17FN2O2S. The van der Waals surface area contributed by atoms with Crippen LogP contribution in [0.3, 0.4) is 0 Å². The van der Waals surface area contributed by atoms with Gasteiger partial charge in [0.05, 0.1) is 5.75 Å². The van der Waals surface area contributed by atoms with Crippen LogP contribution in [-0.4, -0.2) is 20.8 Å². The summed E-state index contributed by atoms with van der Waals surface area (Å²) < 4.78 is 13.7. The van der Waals surface area contributed by atoms with Gasteiger partial charge in [0.15, 0.2) is 0 Å². The van der Waals surface area contributed by atoms with E-state index in [4.69, 9.17) is 0 Å². The highest BCUT2D eigenvalue weighted by Gasteiger charge is 2.16. The smallest absolute Gasteiger partial charge is 0.262 e. The third-order valence-corrected chi connectivity index (χ3v) is 4.16. The minimum atomic E-state index is -0.568. The van der Waals surface area contributed by atoms with E-state index in [1.54, 1.807) is 17.8 Å². The fourth-order valence-corrected chi connectivity index (χ4v) is 2.79. The lowest BCUT2D eigenvalue weighted by Gasteiger charge is -2.07. The van der Waals surface area contributed by atoms with Gasteiger partial charge in [-0.05, 0) is 17.7 Å². The minimum absolute atomic E-state index is 0.0464. The summed E-state index contributed by atoms with van der Waals surface area (Å²) >= 11 is 1.62. The molecule has 0 fully saturated rings. The minimum Gasteiger partial charge on any atom is -0.493 e. The van der Waals surface area contributed by atoms with Gasteiger partial charge in [-0.1, -0.05) is 32.0 Å². The van der Waals surface area contributed by atoms with Crippen LogP contribution in [0, 0.1) is 11.7 Å². The highest BCUT2D eigenvalue weighted by atomic mass is 32.2. The Morgan fingerprint density at radius 1 is 1.38 bits per heavy atom. The van der Waals surface area contributed by atoms with Crippen molar-refractivity contribution in [2.45, 2.75) is 19.6 Å². The molecule has 0 aliphatic carbocycles. The largest absolute Gasteiger partial charge is 0.493 e. The molecule has 1 aromatic heterocycles. The molecule has 0 saturated heterocycles. The summed E-state index contributed by atoms with van der Waals surface area (Å²) in [6.45, 7) is 4.20. The van der Waals surface area contributed by atoms with Gasteiger partial charge >= 0.3 is 0 Å². The number of thioether (sulfide) groups is 1. The van der Waals surface area contributed by atoms with Crippen LogP contribution in [-0.2, 0) is 5.75 Å². The molecule has 0 aliphatic heterocycles. The number of aromatic amines is 1. The molecule has 0 radical (unpaired) electrons. The number of aromatic nitrogens is 2. The van der Waals surface area contributed by atoms with Crippen molar-refractivity contribution in [1.29, 1.82) is 0 Å². The van der Waals surface area contributed by atoms with E-state index in [9.17, 15) is 14.3 Å². The molecule has 0 aliphatic rings. The van der Waals surface area contributed by atoms with E-state index < -0.39 is 17.3 Å². The zero-order valence-corrected chi connectivity index (χ0v) is 12.7. The highest BCUT2D eigenvalue weighted by Crippen LogP contribution is 2.26. The molecule has 0 amide bonds. The maximum atomic E-state index is 13.7. The average Bonchev–Trinajstić information content (AvgIpc) is 2.39. The molecule has 21 heavy (non-hydrogen) atoms. The molecule has 2 N–H and O–H groups in total. The lowest BCUT2D eigenvalue weighted by Crippen LogP contribution is -2.14. The first-order valence-electron chi connectivity index (χ1n) is 6.64. The number of rotatable bonds is 5. The SMILES string of the molecule is CC(C)CSCc1nc(O)c(-c2ccccc2F)c(=O)[nH]1. The van der Waals surface area contributed by atoms with E-state index >= 15 is 0 Å². The Kier molecular flexibility index (Phi) is 5.01. The molecule has 4 nitrogen and oxygen atoms in total. The summed E-state index contributed by atoms with van der Waals surface area (Å²) in [5.74, 6) is 1.35. The Hall–Kier alpha value is -1.82. The van der Waals surface area contributed by atoms with Crippen LogP contribution in [0.2, 0.25) is 0 Å². The van der Waals surface area contributed by atoms with Crippen molar-refractivity contribution in [3.05, 3.63) is 46.3 Å². The van der Waals surface area contributed by atoms with Crippen molar-refractivity contribution in [2.24, 2.45) is 5.92 Å². The van der Waals surface area contributed by atoms with Crippen LogP contribution in [0.4, 0.5) is 4.39 Å². The van der Waals surface area contributed by atoms with Gasteiger partial charge in [0.2, 0.25) is 5.88 Å². The summed E-state index contributed by atoms with van der Waals surface area (Å²) in [4.78, 5) is 18.6. The zero-order chi connectivity index (χ0) is 15.4. The second-order valence-corrected chi connectivity index (χ2v) is 6.13. The predicted molar refractivity (Wildman–Crippen MR) is 82.9 cm³/mol. The molecule has 2 aromatic rings. The maximum Gasteiger partial charge on any atom is 0.262 e. The number of nitrogens with zero attached hydrogens (tertiary/aromatic N) is 1. The standard InChI is InChI=1S/C15H17FN2O2S/c1-9(2)7-21-8-12-17-14(19)13(15(20)18-12)10-5-3-4-6-11(10)16/h3-6,9H,7-8H2,1-2H3,(H2,17,18,19,20). The van der Waals surface area contributed by atoms with Crippen LogP contribution >= 0.6 is 11.8 Å². The molecule has 112 valence electrons. The monoisotopic (exact) mass is 308 g/mol. The van der Waals surface area contributed by atoms with Crippen LogP contribution in [0.25, 0.3) is 11.1 Å². The van der Waals surface area contributed by atoms with Gasteiger partial charge in [-0.3, -0.25) is 4.79 Å². The molecule has 6 heteroatoms. The third kappa shape index (κ3) is 3.85. The van der Waals surface area contributed by atoms with Crippen molar-refractivity contribution < 1.29 is 9.50 Å². The van der Waals surface area contributed by atoms with E-state index in [-0.39, 0.29) is 11.1 Å². The molecular weight excluding hydrogens is 291 g/mol. The molecule has 1 heterocycles. The Labute approximate surface area is 126 Å². The summed E-state index contributed by atoms with van der Waals surface area (Å²) in [7, 11) is 0. The van der Waals surface area contributed by atoms with Gasteiger partial charge in [-0.15, -0.1) is 0 Å². The third-order valence-electron chi connectivity index (χ3n) is 2.78. The van der Waals surface area contributed by atoms with Crippen LogP contribution in [0.5, 0.6) is 5.88 Å². The summed E-state index contributed by atoms with van der Waals surface area (Å²) in [6, 6.07) is 5.80. The normalized spacial score (nSPS) is 11.0. The van der Waals surface area contributed by atoms with E-state index in [1.165, 1.54) is 18.2 Å². The fraction of sp³-hybridized carbons (Fsp3) is 0.333. The van der Waals surface area contributed by atoms with E-state index in [2.05, 4.69) is 23.8 Å². The van der Waals surface area contributed by atoms with Crippen LogP contribution < -0.4 is 5.56 Å². The molecule has 0 atom stereocenters. The highest BCUT2D eigenvalue weighted by molar-refractivity contribution is 7.98. The molecule has 1 aromatic carbocycles. The van der Waals surface area contributed by atoms with Crippen molar-refractivity contribution in [2.75, 3.05) is 5.75 Å². The first-order chi connectivity index (χ1) is 9.99. The summed E-state index contributed by atoms with van der Waals surface area (Å²) in [5, 5.41) is 9.95. The van der Waals surface area contributed by atoms with Crippen molar-refractivity contribution in [3.8, 4) is 17.0 Å². The van der Waals surface area contributed by atoms with E-state index in [0.717, 1.165) is 5.75 Å². The average molecular weight is 308 g/mol. The summed E-state index contributed by atoms with van der Waals surface area (Å²) in [5.41, 5.74) is -0.622. The quantitative estimate of drug-likeness (QED) is 0.890. The first kappa shape index (κ1) is 15.6. The number of H-pyrrole nitrogens is 1. The van der Waals surface area contributed by atoms with Crippen molar-refractivity contribution in [3.63, 3.8) is 0 Å². The van der Waals surface area contributed by atoms with E-state index in [0.29, 0.717) is 17.5 Å². The van der Waals surface area contributed by atoms with Gasteiger partial charge in [-0.2, -0.15) is 16.7 Å². The number of halogens is 1. The molecule has 0 spiro atoms. The lowest BCUT2D eigenvalue weighted by molar-refractivity contribution is 0.450. The predicted octanol–water partition coefficient (Wildman–Crippen LogP) is 3.17. The van der Waals surface area contributed by atoms with Crippen molar-refractivity contribution >= 4 is 11.8 Å². The van der Waals surface area contributed by atoms with Gasteiger partial charge in [-0.25, -0.2) is 4.39 Å². The second-order valence-electron chi connectivity index (χ2n) is 5.10. The van der Waals surface area contributed by atoms with E-state index in [1.807, 2.05) is 0 Å². The topological polar surface area (TPSA) is 66.0 Å². The fourth-order valence-electron chi connectivity index (χ4n) is 1.87. The number of hydrogen-bond acceptors (Lipinski definition) is 4.